The maximum atomic E-state index is 12.3. The monoisotopic (exact) mass is 301 g/mol. The van der Waals surface area contributed by atoms with Crippen LogP contribution in [0.5, 0.6) is 5.75 Å². The predicted octanol–water partition coefficient (Wildman–Crippen LogP) is 1.89. The van der Waals surface area contributed by atoms with Gasteiger partial charge in [0.25, 0.3) is 5.91 Å². The molecule has 1 rings (SSSR count). The van der Waals surface area contributed by atoms with Crippen LogP contribution in [0.3, 0.4) is 0 Å². The molecule has 0 aliphatic carbocycles. The zero-order valence-electron chi connectivity index (χ0n) is 11.5. The second-order valence-electron chi connectivity index (χ2n) is 4.10. The van der Waals surface area contributed by atoms with Crippen LogP contribution in [-0.4, -0.2) is 41.6 Å². The lowest BCUT2D eigenvalue weighted by molar-refractivity contribution is -0.0502. The fraction of sp³-hybridized carbons (Fsp3) is 0.385. The molecule has 0 unspecified atom stereocenters. The van der Waals surface area contributed by atoms with Crippen molar-refractivity contribution in [2.75, 3.05) is 13.1 Å². The molecule has 1 amide bonds. The van der Waals surface area contributed by atoms with E-state index in [-0.39, 0.29) is 30.1 Å². The number of rotatable bonds is 7. The lowest BCUT2D eigenvalue weighted by Gasteiger charge is -2.21. The van der Waals surface area contributed by atoms with Crippen molar-refractivity contribution < 1.29 is 23.5 Å². The standard InChI is InChI=1S/C13H17F2N3O3/c1-2-18(8-7-11(16)17-20)12(19)9-5-3-4-6-10(9)21-13(14)15/h3-6,13,20H,2,7-8H2,1H3,(H2,16,17). The number of nitrogens with two attached hydrogens (primary N) is 1. The molecular weight excluding hydrogens is 284 g/mol. The molecule has 1 aromatic rings. The first-order valence-corrected chi connectivity index (χ1v) is 6.29. The topological polar surface area (TPSA) is 88.1 Å². The number of hydrogen-bond acceptors (Lipinski definition) is 4. The summed E-state index contributed by atoms with van der Waals surface area (Å²) in [6.07, 6.45) is 0.175. The molecule has 0 spiro atoms. The molecular formula is C13H17F2N3O3. The van der Waals surface area contributed by atoms with Gasteiger partial charge in [0.05, 0.1) is 5.56 Å². The van der Waals surface area contributed by atoms with Gasteiger partial charge in [0.2, 0.25) is 0 Å². The van der Waals surface area contributed by atoms with Gasteiger partial charge in [0, 0.05) is 19.5 Å². The van der Waals surface area contributed by atoms with E-state index in [4.69, 9.17) is 10.9 Å². The third-order valence-corrected chi connectivity index (χ3v) is 2.77. The number of halogens is 2. The van der Waals surface area contributed by atoms with E-state index in [0.29, 0.717) is 6.54 Å². The highest BCUT2D eigenvalue weighted by Crippen LogP contribution is 2.22. The number of oxime groups is 1. The second kappa shape index (κ2) is 8.03. The zero-order chi connectivity index (χ0) is 15.8. The van der Waals surface area contributed by atoms with Gasteiger partial charge in [0.1, 0.15) is 11.6 Å². The molecule has 0 aromatic heterocycles. The molecule has 0 fully saturated rings. The Morgan fingerprint density at radius 2 is 2.14 bits per heavy atom. The molecule has 0 heterocycles. The molecule has 6 nitrogen and oxygen atoms in total. The normalized spacial score (nSPS) is 11.5. The van der Waals surface area contributed by atoms with E-state index in [0.717, 1.165) is 0 Å². The molecule has 3 N–H and O–H groups in total. The number of benzene rings is 1. The molecule has 0 saturated heterocycles. The SMILES string of the molecule is CCN(CCC(N)=NO)C(=O)c1ccccc1OC(F)F. The summed E-state index contributed by atoms with van der Waals surface area (Å²) in [6.45, 7) is -0.721. The van der Waals surface area contributed by atoms with Crippen molar-refractivity contribution in [3.05, 3.63) is 29.8 Å². The highest BCUT2D eigenvalue weighted by atomic mass is 19.3. The van der Waals surface area contributed by atoms with Crippen LogP contribution < -0.4 is 10.5 Å². The summed E-state index contributed by atoms with van der Waals surface area (Å²) in [5.41, 5.74) is 5.39. The van der Waals surface area contributed by atoms with Crippen molar-refractivity contribution in [1.82, 2.24) is 4.90 Å². The minimum absolute atomic E-state index is 0.0154. The Morgan fingerprint density at radius 1 is 1.48 bits per heavy atom. The summed E-state index contributed by atoms with van der Waals surface area (Å²) in [4.78, 5) is 13.7. The molecule has 1 aromatic carbocycles. The van der Waals surface area contributed by atoms with Gasteiger partial charge in [-0.3, -0.25) is 4.79 Å². The van der Waals surface area contributed by atoms with Gasteiger partial charge in [-0.15, -0.1) is 0 Å². The molecule has 8 heteroatoms. The maximum absolute atomic E-state index is 12.3. The Hall–Kier alpha value is -2.38. The van der Waals surface area contributed by atoms with Crippen molar-refractivity contribution in [1.29, 1.82) is 0 Å². The zero-order valence-corrected chi connectivity index (χ0v) is 11.5. The van der Waals surface area contributed by atoms with E-state index in [1.807, 2.05) is 0 Å². The van der Waals surface area contributed by atoms with E-state index in [2.05, 4.69) is 9.89 Å². The Bertz CT molecular complexity index is 509. The molecule has 0 aliphatic heterocycles. The fourth-order valence-electron chi connectivity index (χ4n) is 1.72. The average molecular weight is 301 g/mol. The van der Waals surface area contributed by atoms with Gasteiger partial charge >= 0.3 is 6.61 Å². The number of alkyl halides is 2. The van der Waals surface area contributed by atoms with E-state index < -0.39 is 12.5 Å². The highest BCUT2D eigenvalue weighted by molar-refractivity contribution is 5.97. The number of amidine groups is 1. The smallest absolute Gasteiger partial charge is 0.387 e. The number of carbonyl (C=O) groups excluding carboxylic acids is 1. The first kappa shape index (κ1) is 16.7. The van der Waals surface area contributed by atoms with Gasteiger partial charge in [0.15, 0.2) is 0 Å². The second-order valence-corrected chi connectivity index (χ2v) is 4.10. The van der Waals surface area contributed by atoms with Crippen molar-refractivity contribution in [3.8, 4) is 5.75 Å². The van der Waals surface area contributed by atoms with Crippen LogP contribution in [0, 0.1) is 0 Å². The van der Waals surface area contributed by atoms with Gasteiger partial charge < -0.3 is 20.6 Å². The number of para-hydroxylation sites is 1. The van der Waals surface area contributed by atoms with Gasteiger partial charge in [-0.25, -0.2) is 0 Å². The van der Waals surface area contributed by atoms with Crippen LogP contribution in [0.1, 0.15) is 23.7 Å². The summed E-state index contributed by atoms with van der Waals surface area (Å²) >= 11 is 0. The third kappa shape index (κ3) is 4.90. The van der Waals surface area contributed by atoms with Crippen LogP contribution in [-0.2, 0) is 0 Å². The fourth-order valence-corrected chi connectivity index (χ4v) is 1.72. The maximum Gasteiger partial charge on any atom is 0.387 e. The highest BCUT2D eigenvalue weighted by Gasteiger charge is 2.20. The van der Waals surface area contributed by atoms with Gasteiger partial charge in [-0.05, 0) is 19.1 Å². The molecule has 116 valence electrons. The van der Waals surface area contributed by atoms with Crippen LogP contribution in [0.25, 0.3) is 0 Å². The van der Waals surface area contributed by atoms with E-state index >= 15 is 0 Å². The molecule has 0 saturated carbocycles. The van der Waals surface area contributed by atoms with E-state index in [1.54, 1.807) is 13.0 Å². The number of carbonyl (C=O) groups is 1. The molecule has 0 bridgehead atoms. The minimum Gasteiger partial charge on any atom is -0.434 e. The van der Waals surface area contributed by atoms with Crippen LogP contribution in [0.4, 0.5) is 8.78 Å². The first-order valence-electron chi connectivity index (χ1n) is 6.29. The van der Waals surface area contributed by atoms with Gasteiger partial charge in [-0.2, -0.15) is 8.78 Å². The number of hydrogen-bond donors (Lipinski definition) is 2. The van der Waals surface area contributed by atoms with Gasteiger partial charge in [-0.1, -0.05) is 17.3 Å². The van der Waals surface area contributed by atoms with Crippen molar-refractivity contribution in [3.63, 3.8) is 0 Å². The van der Waals surface area contributed by atoms with E-state index in [9.17, 15) is 13.6 Å². The summed E-state index contributed by atoms with van der Waals surface area (Å²) in [6, 6.07) is 5.77. The Balaban J connectivity index is 2.89. The van der Waals surface area contributed by atoms with Crippen LogP contribution in [0.2, 0.25) is 0 Å². The lowest BCUT2D eigenvalue weighted by atomic mass is 10.1. The third-order valence-electron chi connectivity index (χ3n) is 2.77. The van der Waals surface area contributed by atoms with Crippen molar-refractivity contribution >= 4 is 11.7 Å². The van der Waals surface area contributed by atoms with Crippen LogP contribution >= 0.6 is 0 Å². The average Bonchev–Trinajstić information content (AvgIpc) is 2.47. The number of ether oxygens (including phenoxy) is 1. The Morgan fingerprint density at radius 3 is 2.71 bits per heavy atom. The molecule has 0 radical (unpaired) electrons. The predicted molar refractivity (Wildman–Crippen MR) is 72.7 cm³/mol. The van der Waals surface area contributed by atoms with Crippen molar-refractivity contribution in [2.24, 2.45) is 10.9 Å². The van der Waals surface area contributed by atoms with Crippen molar-refractivity contribution in [2.45, 2.75) is 20.0 Å². The Kier molecular flexibility index (Phi) is 6.38. The minimum atomic E-state index is -3.01. The summed E-state index contributed by atoms with van der Waals surface area (Å²) in [5, 5.41) is 11.3. The quantitative estimate of drug-likeness (QED) is 0.348. The molecule has 21 heavy (non-hydrogen) atoms. The van der Waals surface area contributed by atoms with Crippen LogP contribution in [0.15, 0.2) is 29.4 Å². The summed E-state index contributed by atoms with van der Waals surface area (Å²) < 4.78 is 29.0. The summed E-state index contributed by atoms with van der Waals surface area (Å²) in [7, 11) is 0. The Labute approximate surface area is 120 Å². The largest absolute Gasteiger partial charge is 0.434 e. The first-order chi connectivity index (χ1) is 9.99. The lowest BCUT2D eigenvalue weighted by Crippen LogP contribution is -2.34. The number of amides is 1. The molecule has 0 aliphatic rings. The van der Waals surface area contributed by atoms with E-state index in [1.165, 1.54) is 23.1 Å². The summed E-state index contributed by atoms with van der Waals surface area (Å²) in [5.74, 6) is -0.655. The molecule has 0 atom stereocenters. The number of nitrogens with zero attached hydrogens (tertiary/aromatic N) is 2.